The number of nitrogens with one attached hydrogen (secondary N) is 1. The van der Waals surface area contributed by atoms with Gasteiger partial charge in [0, 0.05) is 6.54 Å². The molecule has 1 fully saturated rings. The molecule has 1 aromatic carbocycles. The van der Waals surface area contributed by atoms with Crippen LogP contribution < -0.4 is 5.32 Å². The fraction of sp³-hybridized carbons (Fsp3) is 0.562. The van der Waals surface area contributed by atoms with Crippen molar-refractivity contribution in [2.45, 2.75) is 32.3 Å². The Hall–Kier alpha value is -1.10. The van der Waals surface area contributed by atoms with Crippen LogP contribution in [0.15, 0.2) is 18.2 Å². The van der Waals surface area contributed by atoms with Crippen LogP contribution in [0.3, 0.4) is 0 Å². The normalized spacial score (nSPS) is 21.8. The molecule has 0 aliphatic heterocycles. The number of hydrogen-bond donors (Lipinski definition) is 2. The molecule has 0 bridgehead atoms. The Balaban J connectivity index is 1.83. The van der Waals surface area contributed by atoms with E-state index in [9.17, 15) is 9.90 Å². The van der Waals surface area contributed by atoms with Crippen molar-refractivity contribution in [2.24, 2.45) is 5.92 Å². The van der Waals surface area contributed by atoms with Crippen LogP contribution in [0.5, 0.6) is 0 Å². The minimum Gasteiger partial charge on any atom is -0.393 e. The molecule has 0 radical (unpaired) electrons. The Morgan fingerprint density at radius 1 is 1.48 bits per heavy atom. The van der Waals surface area contributed by atoms with Gasteiger partial charge in [-0.25, -0.2) is 0 Å². The molecule has 1 aromatic rings. The number of aliphatic hydroxyl groups is 1. The van der Waals surface area contributed by atoms with Crippen LogP contribution in [-0.2, 0) is 4.79 Å². The van der Waals surface area contributed by atoms with Gasteiger partial charge in [0.1, 0.15) is 0 Å². The van der Waals surface area contributed by atoms with Gasteiger partial charge in [0.2, 0.25) is 5.91 Å². The van der Waals surface area contributed by atoms with E-state index < -0.39 is 0 Å². The van der Waals surface area contributed by atoms with Crippen molar-refractivity contribution in [2.75, 3.05) is 25.5 Å². The van der Waals surface area contributed by atoms with Crippen LogP contribution in [0, 0.1) is 12.8 Å². The molecule has 0 aromatic heterocycles. The average molecular weight is 311 g/mol. The van der Waals surface area contributed by atoms with Gasteiger partial charge >= 0.3 is 0 Å². The van der Waals surface area contributed by atoms with E-state index in [-0.39, 0.29) is 17.9 Å². The molecule has 0 heterocycles. The number of amides is 1. The van der Waals surface area contributed by atoms with Crippen LogP contribution >= 0.6 is 11.6 Å². The van der Waals surface area contributed by atoms with Gasteiger partial charge < -0.3 is 10.4 Å². The number of benzene rings is 1. The molecule has 21 heavy (non-hydrogen) atoms. The zero-order chi connectivity index (χ0) is 15.4. The first-order valence-corrected chi connectivity index (χ1v) is 7.76. The summed E-state index contributed by atoms with van der Waals surface area (Å²) in [7, 11) is 1.90. The maximum Gasteiger partial charge on any atom is 0.238 e. The number of rotatable bonds is 5. The highest BCUT2D eigenvalue weighted by Gasteiger charge is 2.26. The number of nitrogens with zero attached hydrogens (tertiary/aromatic N) is 1. The van der Waals surface area contributed by atoms with Crippen LogP contribution in [0.25, 0.3) is 0 Å². The Bertz CT molecular complexity index is 507. The van der Waals surface area contributed by atoms with Crippen molar-refractivity contribution >= 4 is 23.2 Å². The summed E-state index contributed by atoms with van der Waals surface area (Å²) in [5, 5.41) is 13.2. The predicted molar refractivity (Wildman–Crippen MR) is 85.7 cm³/mol. The molecule has 2 unspecified atom stereocenters. The standard InChI is InChI=1S/C16H23ClN2O2/c1-11-6-7-14(13(17)8-11)18-16(21)10-19(2)9-12-4-3-5-15(12)20/h6-8,12,15,20H,3-5,9-10H2,1-2H3,(H,18,21). The molecule has 2 rings (SSSR count). The van der Waals surface area contributed by atoms with E-state index in [0.29, 0.717) is 17.3 Å². The maximum absolute atomic E-state index is 12.0. The molecule has 0 spiro atoms. The van der Waals surface area contributed by atoms with Crippen LogP contribution in [0.1, 0.15) is 24.8 Å². The highest BCUT2D eigenvalue weighted by Crippen LogP contribution is 2.26. The second kappa shape index (κ2) is 7.25. The number of carbonyl (C=O) groups excluding carboxylic acids is 1. The van der Waals surface area contributed by atoms with E-state index in [4.69, 9.17) is 11.6 Å². The molecular formula is C16H23ClN2O2. The molecule has 2 N–H and O–H groups in total. The summed E-state index contributed by atoms with van der Waals surface area (Å²) in [5.74, 6) is 0.196. The molecule has 4 nitrogen and oxygen atoms in total. The lowest BCUT2D eigenvalue weighted by molar-refractivity contribution is -0.117. The number of anilines is 1. The SMILES string of the molecule is Cc1ccc(NC(=O)CN(C)CC2CCCC2O)c(Cl)c1. The Kier molecular flexibility index (Phi) is 5.62. The molecule has 116 valence electrons. The summed E-state index contributed by atoms with van der Waals surface area (Å²) in [6.45, 7) is 3.00. The first kappa shape index (κ1) is 16.3. The third-order valence-corrected chi connectivity index (χ3v) is 4.29. The van der Waals surface area contributed by atoms with Crippen molar-refractivity contribution in [3.63, 3.8) is 0 Å². The van der Waals surface area contributed by atoms with Gasteiger partial charge in [-0.15, -0.1) is 0 Å². The summed E-state index contributed by atoms with van der Waals surface area (Å²) in [6.07, 6.45) is 2.77. The zero-order valence-corrected chi connectivity index (χ0v) is 13.4. The van der Waals surface area contributed by atoms with Crippen LogP contribution in [-0.4, -0.2) is 42.2 Å². The minimum absolute atomic E-state index is 0.0873. The molecule has 1 aliphatic rings. The average Bonchev–Trinajstić information content (AvgIpc) is 2.78. The van der Waals surface area contributed by atoms with Gasteiger partial charge in [-0.3, -0.25) is 9.69 Å². The van der Waals surface area contributed by atoms with E-state index >= 15 is 0 Å². The van der Waals surface area contributed by atoms with Crippen molar-refractivity contribution in [1.29, 1.82) is 0 Å². The number of aryl methyl sites for hydroxylation is 1. The van der Waals surface area contributed by atoms with Crippen molar-refractivity contribution in [3.8, 4) is 0 Å². The first-order chi connectivity index (χ1) is 9.95. The lowest BCUT2D eigenvalue weighted by Crippen LogP contribution is -2.35. The third-order valence-electron chi connectivity index (χ3n) is 3.98. The fourth-order valence-electron chi connectivity index (χ4n) is 2.85. The Morgan fingerprint density at radius 3 is 2.86 bits per heavy atom. The van der Waals surface area contributed by atoms with Crippen molar-refractivity contribution in [1.82, 2.24) is 4.90 Å². The summed E-state index contributed by atoms with van der Waals surface area (Å²) in [5.41, 5.74) is 1.70. The van der Waals surface area contributed by atoms with E-state index in [0.717, 1.165) is 31.4 Å². The number of likely N-dealkylation sites (N-methyl/N-ethyl adjacent to an activating group) is 1. The highest BCUT2D eigenvalue weighted by atomic mass is 35.5. The second-order valence-corrected chi connectivity index (χ2v) is 6.39. The fourth-order valence-corrected chi connectivity index (χ4v) is 3.13. The lowest BCUT2D eigenvalue weighted by atomic mass is 10.1. The highest BCUT2D eigenvalue weighted by molar-refractivity contribution is 6.33. The largest absolute Gasteiger partial charge is 0.393 e. The minimum atomic E-state index is -0.220. The number of aliphatic hydroxyl groups excluding tert-OH is 1. The van der Waals surface area contributed by atoms with E-state index in [2.05, 4.69) is 5.32 Å². The smallest absolute Gasteiger partial charge is 0.238 e. The summed E-state index contributed by atoms with van der Waals surface area (Å²) in [6, 6.07) is 5.56. The number of carbonyl (C=O) groups is 1. The molecule has 5 heteroatoms. The van der Waals surface area contributed by atoms with Crippen LogP contribution in [0.4, 0.5) is 5.69 Å². The van der Waals surface area contributed by atoms with E-state index in [1.807, 2.05) is 37.1 Å². The van der Waals surface area contributed by atoms with Gasteiger partial charge in [-0.1, -0.05) is 24.1 Å². The van der Waals surface area contributed by atoms with Gasteiger partial charge in [0.15, 0.2) is 0 Å². The molecule has 1 amide bonds. The Labute approximate surface area is 131 Å². The molecule has 2 atom stereocenters. The predicted octanol–water partition coefficient (Wildman–Crippen LogP) is 2.68. The number of halogens is 1. The van der Waals surface area contributed by atoms with E-state index in [1.165, 1.54) is 0 Å². The van der Waals surface area contributed by atoms with Crippen molar-refractivity contribution in [3.05, 3.63) is 28.8 Å². The van der Waals surface area contributed by atoms with Crippen LogP contribution in [0.2, 0.25) is 5.02 Å². The maximum atomic E-state index is 12.0. The molecule has 0 saturated heterocycles. The Morgan fingerprint density at radius 2 is 2.24 bits per heavy atom. The monoisotopic (exact) mass is 310 g/mol. The van der Waals surface area contributed by atoms with Gasteiger partial charge in [0.25, 0.3) is 0 Å². The third kappa shape index (κ3) is 4.70. The molecular weight excluding hydrogens is 288 g/mol. The summed E-state index contributed by atoms with van der Waals surface area (Å²) >= 11 is 6.11. The second-order valence-electron chi connectivity index (χ2n) is 5.99. The topological polar surface area (TPSA) is 52.6 Å². The number of hydrogen-bond acceptors (Lipinski definition) is 3. The lowest BCUT2D eigenvalue weighted by Gasteiger charge is -2.22. The summed E-state index contributed by atoms with van der Waals surface area (Å²) < 4.78 is 0. The zero-order valence-electron chi connectivity index (χ0n) is 12.6. The molecule has 1 aliphatic carbocycles. The first-order valence-electron chi connectivity index (χ1n) is 7.38. The van der Waals surface area contributed by atoms with Gasteiger partial charge in [0.05, 0.1) is 23.4 Å². The van der Waals surface area contributed by atoms with E-state index in [1.54, 1.807) is 0 Å². The van der Waals surface area contributed by atoms with Gasteiger partial charge in [-0.05, 0) is 50.4 Å². The quantitative estimate of drug-likeness (QED) is 0.879. The van der Waals surface area contributed by atoms with Crippen molar-refractivity contribution < 1.29 is 9.90 Å². The summed E-state index contributed by atoms with van der Waals surface area (Å²) in [4.78, 5) is 14.0. The molecule has 1 saturated carbocycles. The van der Waals surface area contributed by atoms with Gasteiger partial charge in [-0.2, -0.15) is 0 Å².